The van der Waals surface area contributed by atoms with Crippen LogP contribution in [0.4, 0.5) is 0 Å². The lowest BCUT2D eigenvalue weighted by atomic mass is 9.84. The number of fused-ring (bicyclic) bond motifs is 9. The molecule has 0 amide bonds. The zero-order valence-electron chi connectivity index (χ0n) is 27.6. The number of aryl methyl sites for hydroxylation is 1. The first-order valence-electron chi connectivity index (χ1n) is 17.6. The van der Waals surface area contributed by atoms with Crippen molar-refractivity contribution in [3.05, 3.63) is 191 Å². The molecule has 0 bridgehead atoms. The van der Waals surface area contributed by atoms with E-state index in [4.69, 9.17) is 9.98 Å². The molecule has 238 valence electrons. The van der Waals surface area contributed by atoms with Crippen molar-refractivity contribution in [2.45, 2.75) is 31.2 Å². The fraction of sp³-hybridized carbons (Fsp3) is 0.106. The molecular weight excluding hydrogens is 625 g/mol. The normalized spacial score (nSPS) is 17.2. The topological polar surface area (TPSA) is 24.7 Å². The number of rotatable bonds is 4. The molecular formula is C47H34N2S. The van der Waals surface area contributed by atoms with Crippen LogP contribution in [0, 0.1) is 0 Å². The molecule has 8 aromatic rings. The van der Waals surface area contributed by atoms with E-state index >= 15 is 0 Å². The molecule has 0 saturated carbocycles. The van der Waals surface area contributed by atoms with Gasteiger partial charge in [0.2, 0.25) is 0 Å². The minimum atomic E-state index is 0.0295. The van der Waals surface area contributed by atoms with E-state index in [0.29, 0.717) is 0 Å². The van der Waals surface area contributed by atoms with E-state index in [1.807, 2.05) is 17.4 Å². The predicted molar refractivity (Wildman–Crippen MR) is 212 cm³/mol. The first-order valence-corrected chi connectivity index (χ1v) is 18.4. The van der Waals surface area contributed by atoms with Gasteiger partial charge in [0.1, 0.15) is 0 Å². The van der Waals surface area contributed by atoms with Crippen molar-refractivity contribution >= 4 is 53.8 Å². The lowest BCUT2D eigenvalue weighted by molar-refractivity contribution is 0.732. The maximum absolute atomic E-state index is 5.18. The van der Waals surface area contributed by atoms with Crippen molar-refractivity contribution in [2.75, 3.05) is 0 Å². The number of amidine groups is 1. The molecule has 1 aliphatic heterocycles. The van der Waals surface area contributed by atoms with Gasteiger partial charge in [0.25, 0.3) is 0 Å². The second-order valence-electron chi connectivity index (χ2n) is 13.5. The van der Waals surface area contributed by atoms with Crippen molar-refractivity contribution in [1.29, 1.82) is 0 Å². The Hall–Kier alpha value is -5.64. The summed E-state index contributed by atoms with van der Waals surface area (Å²) in [6, 6.07) is 57.7. The molecule has 50 heavy (non-hydrogen) atoms. The molecule has 1 aliphatic carbocycles. The van der Waals surface area contributed by atoms with Crippen LogP contribution in [0.25, 0.3) is 42.1 Å². The number of hydrogen-bond acceptors (Lipinski definition) is 3. The number of aliphatic imine (C=N–C) groups is 2. The van der Waals surface area contributed by atoms with E-state index in [2.05, 4.69) is 152 Å². The van der Waals surface area contributed by atoms with E-state index in [1.165, 1.54) is 69.9 Å². The van der Waals surface area contributed by atoms with E-state index in [-0.39, 0.29) is 12.0 Å². The van der Waals surface area contributed by atoms with Gasteiger partial charge < -0.3 is 0 Å². The Morgan fingerprint density at radius 1 is 0.540 bits per heavy atom. The van der Waals surface area contributed by atoms with Gasteiger partial charge in [0.15, 0.2) is 5.84 Å². The largest absolute Gasteiger partial charge is 0.258 e. The summed E-state index contributed by atoms with van der Waals surface area (Å²) in [5.41, 5.74) is 11.6. The van der Waals surface area contributed by atoms with Gasteiger partial charge in [0.05, 0.1) is 11.8 Å². The summed E-state index contributed by atoms with van der Waals surface area (Å²) in [5.74, 6) is 1.08. The third-order valence-electron chi connectivity index (χ3n) is 10.7. The zero-order chi connectivity index (χ0) is 33.0. The van der Waals surface area contributed by atoms with Crippen LogP contribution < -0.4 is 0 Å². The van der Waals surface area contributed by atoms with Gasteiger partial charge in [-0.05, 0) is 68.6 Å². The van der Waals surface area contributed by atoms with Gasteiger partial charge in [-0.25, -0.2) is 4.99 Å². The minimum Gasteiger partial charge on any atom is -0.258 e. The lowest BCUT2D eigenvalue weighted by Gasteiger charge is -2.23. The van der Waals surface area contributed by atoms with Crippen LogP contribution in [0.15, 0.2) is 168 Å². The summed E-state index contributed by atoms with van der Waals surface area (Å²) in [6.45, 7) is 0. The Morgan fingerprint density at radius 3 is 2.10 bits per heavy atom. The van der Waals surface area contributed by atoms with Crippen molar-refractivity contribution < 1.29 is 0 Å². The molecule has 2 nitrogen and oxygen atoms in total. The minimum absolute atomic E-state index is 0.0295. The van der Waals surface area contributed by atoms with Gasteiger partial charge in [-0.3, -0.25) is 4.99 Å². The molecule has 0 radical (unpaired) electrons. The van der Waals surface area contributed by atoms with Gasteiger partial charge >= 0.3 is 0 Å². The summed E-state index contributed by atoms with van der Waals surface area (Å²) >= 11 is 1.95. The van der Waals surface area contributed by atoms with Crippen LogP contribution in [0.5, 0.6) is 0 Å². The predicted octanol–water partition coefficient (Wildman–Crippen LogP) is 12.3. The highest BCUT2D eigenvalue weighted by atomic mass is 32.1. The van der Waals surface area contributed by atoms with Crippen molar-refractivity contribution in [3.8, 4) is 11.1 Å². The van der Waals surface area contributed by atoms with Crippen LogP contribution in [-0.2, 0) is 6.42 Å². The second-order valence-corrected chi connectivity index (χ2v) is 14.6. The molecule has 0 fully saturated rings. The van der Waals surface area contributed by atoms with Crippen LogP contribution >= 0.6 is 11.3 Å². The molecule has 2 heterocycles. The number of nitrogens with zero attached hydrogens (tertiary/aromatic N) is 2. The van der Waals surface area contributed by atoms with Crippen LogP contribution in [-0.4, -0.2) is 11.5 Å². The number of benzene rings is 7. The average Bonchev–Trinajstić information content (AvgIpc) is 3.48. The SMILES string of the molecule is c1ccc(C2=NC(c3ccccc3)CC(c3ccc(C4CCc5c(ccc6ccccc56)-c5ccc6c(sc7ccccc76)c54)cc3)=N2)cc1. The van der Waals surface area contributed by atoms with Crippen molar-refractivity contribution in [2.24, 2.45) is 9.98 Å². The Morgan fingerprint density at radius 2 is 1.26 bits per heavy atom. The molecule has 2 atom stereocenters. The molecule has 0 N–H and O–H groups in total. The van der Waals surface area contributed by atoms with Crippen LogP contribution in [0.1, 0.15) is 58.2 Å². The first-order chi connectivity index (χ1) is 24.8. The maximum atomic E-state index is 5.18. The van der Waals surface area contributed by atoms with E-state index in [9.17, 15) is 0 Å². The first kappa shape index (κ1) is 29.3. The fourth-order valence-electron chi connectivity index (χ4n) is 8.28. The van der Waals surface area contributed by atoms with Crippen molar-refractivity contribution in [3.63, 3.8) is 0 Å². The van der Waals surface area contributed by atoms with Crippen LogP contribution in [0.2, 0.25) is 0 Å². The van der Waals surface area contributed by atoms with Crippen LogP contribution in [0.3, 0.4) is 0 Å². The maximum Gasteiger partial charge on any atom is 0.155 e. The Balaban J connectivity index is 1.10. The smallest absolute Gasteiger partial charge is 0.155 e. The molecule has 0 saturated heterocycles. The highest BCUT2D eigenvalue weighted by Gasteiger charge is 2.29. The molecule has 2 aliphatic rings. The van der Waals surface area contributed by atoms with E-state index in [1.54, 1.807) is 0 Å². The molecule has 0 spiro atoms. The fourth-order valence-corrected chi connectivity index (χ4v) is 9.58. The summed E-state index contributed by atoms with van der Waals surface area (Å²) in [6.07, 6.45) is 2.87. The quantitative estimate of drug-likeness (QED) is 0.180. The van der Waals surface area contributed by atoms with Gasteiger partial charge in [-0.1, -0.05) is 152 Å². The second kappa shape index (κ2) is 12.0. The van der Waals surface area contributed by atoms with Gasteiger partial charge in [0, 0.05) is 38.1 Å². The highest BCUT2D eigenvalue weighted by Crippen LogP contribution is 2.49. The standard InChI is InChI=1S/C47H34N2S/c1-3-12-32(13-4-1)42-29-43(49-47(48-42)34-14-5-2-6-15-34)33-21-19-31(20-22-33)36-25-26-37-35-16-8-7-11-30(35)23-24-38(37)40-27-28-41-39-17-9-10-18-44(39)50-46(41)45(36)40/h1-24,27-28,36,42H,25-26,29H2. The number of thiophene rings is 1. The molecule has 2 unspecified atom stereocenters. The highest BCUT2D eigenvalue weighted by molar-refractivity contribution is 7.26. The lowest BCUT2D eigenvalue weighted by Crippen LogP contribution is -2.17. The summed E-state index contributed by atoms with van der Waals surface area (Å²) < 4.78 is 2.78. The summed E-state index contributed by atoms with van der Waals surface area (Å²) in [7, 11) is 0. The summed E-state index contributed by atoms with van der Waals surface area (Å²) in [5, 5.41) is 5.42. The third kappa shape index (κ3) is 4.92. The van der Waals surface area contributed by atoms with Gasteiger partial charge in [-0.15, -0.1) is 11.3 Å². The van der Waals surface area contributed by atoms with E-state index < -0.39 is 0 Å². The molecule has 10 rings (SSSR count). The van der Waals surface area contributed by atoms with E-state index in [0.717, 1.165) is 36.4 Å². The average molecular weight is 659 g/mol. The Bertz CT molecular complexity index is 2610. The van der Waals surface area contributed by atoms with Crippen molar-refractivity contribution in [1.82, 2.24) is 0 Å². The Kier molecular flexibility index (Phi) is 7.06. The summed E-state index contributed by atoms with van der Waals surface area (Å²) in [4.78, 5) is 10.3. The zero-order valence-corrected chi connectivity index (χ0v) is 28.4. The molecule has 1 aromatic heterocycles. The molecule has 7 aromatic carbocycles. The molecule has 3 heteroatoms. The Labute approximate surface area is 296 Å². The third-order valence-corrected chi connectivity index (χ3v) is 11.9. The number of hydrogen-bond donors (Lipinski definition) is 0. The monoisotopic (exact) mass is 658 g/mol. The van der Waals surface area contributed by atoms with Gasteiger partial charge in [-0.2, -0.15) is 0 Å².